The lowest BCUT2D eigenvalue weighted by Gasteiger charge is -2.20. The second kappa shape index (κ2) is 14.4. The van der Waals surface area contributed by atoms with Crippen molar-refractivity contribution in [3.63, 3.8) is 0 Å². The molecule has 0 spiro atoms. The van der Waals surface area contributed by atoms with Crippen LogP contribution < -0.4 is 16.0 Å². The molecule has 0 aliphatic heterocycles. The van der Waals surface area contributed by atoms with Crippen molar-refractivity contribution in [3.8, 4) is 0 Å². The van der Waals surface area contributed by atoms with Crippen molar-refractivity contribution in [2.24, 2.45) is 0 Å². The van der Waals surface area contributed by atoms with Crippen LogP contribution in [-0.2, 0) is 23.9 Å². The number of thioether (sulfide) groups is 1. The minimum Gasteiger partial charge on any atom is -0.480 e. The third-order valence-corrected chi connectivity index (χ3v) is 4.65. The summed E-state index contributed by atoms with van der Waals surface area (Å²) in [6.07, 6.45) is 1.98. The van der Waals surface area contributed by atoms with Crippen LogP contribution in [0, 0.1) is 0 Å². The first kappa shape index (κ1) is 24.3. The van der Waals surface area contributed by atoms with E-state index in [1.54, 1.807) is 7.05 Å². The number of carboxylic acids is 1. The number of aliphatic carboxylic acids is 1. The molecule has 0 unspecified atom stereocenters. The molecule has 0 saturated carbocycles. The Labute approximate surface area is 162 Å². The van der Waals surface area contributed by atoms with Gasteiger partial charge in [0.2, 0.25) is 12.3 Å². The van der Waals surface area contributed by atoms with Gasteiger partial charge in [0.25, 0.3) is 0 Å². The molecule has 0 aromatic heterocycles. The Morgan fingerprint density at radius 3 is 2.50 bits per heavy atom. The normalized spacial score (nSPS) is 13.8. The van der Waals surface area contributed by atoms with Crippen molar-refractivity contribution < 1.29 is 29.0 Å². The van der Waals surface area contributed by atoms with Crippen LogP contribution in [0.1, 0.15) is 6.42 Å². The summed E-state index contributed by atoms with van der Waals surface area (Å²) in [5, 5.41) is 16.5. The van der Waals surface area contributed by atoms with Crippen molar-refractivity contribution in [1.29, 1.82) is 0 Å². The fourth-order valence-electron chi connectivity index (χ4n) is 1.74. The maximum Gasteiger partial charge on any atom is 0.328 e. The molecule has 0 rings (SSSR count). The molecular weight excluding hydrogens is 382 g/mol. The van der Waals surface area contributed by atoms with Gasteiger partial charge in [0.1, 0.15) is 18.7 Å². The van der Waals surface area contributed by atoms with Gasteiger partial charge in [0.15, 0.2) is 0 Å². The Kier molecular flexibility index (Phi) is 13.5. The lowest BCUT2D eigenvalue weighted by Crippen LogP contribution is -2.50. The van der Waals surface area contributed by atoms with E-state index < -0.39 is 30.1 Å². The minimum atomic E-state index is -1.15. The average molecular weight is 408 g/mol. The quantitative estimate of drug-likeness (QED) is 0.0771. The smallest absolute Gasteiger partial charge is 0.328 e. The van der Waals surface area contributed by atoms with Gasteiger partial charge in [-0.15, -0.1) is 0 Å². The second-order valence-electron chi connectivity index (χ2n) is 5.04. The van der Waals surface area contributed by atoms with E-state index in [2.05, 4.69) is 35.2 Å². The molecule has 0 bridgehead atoms. The van der Waals surface area contributed by atoms with Gasteiger partial charge in [-0.25, -0.2) is 9.59 Å². The maximum atomic E-state index is 12.1. The lowest BCUT2D eigenvalue weighted by molar-refractivity contribution is -0.147. The zero-order chi connectivity index (χ0) is 19.9. The van der Waals surface area contributed by atoms with Gasteiger partial charge in [-0.2, -0.15) is 24.4 Å². The summed E-state index contributed by atoms with van der Waals surface area (Å²) in [5.74, 6) is -1.38. The van der Waals surface area contributed by atoms with Crippen LogP contribution in [0.4, 0.5) is 0 Å². The first-order valence-electron chi connectivity index (χ1n) is 7.77. The molecule has 11 heteroatoms. The van der Waals surface area contributed by atoms with Gasteiger partial charge < -0.3 is 25.8 Å². The van der Waals surface area contributed by atoms with Crippen LogP contribution in [0.15, 0.2) is 12.7 Å². The first-order valence-corrected chi connectivity index (χ1v) is 9.56. The predicted molar refractivity (Wildman–Crippen MR) is 102 cm³/mol. The number of carbonyl (C=O) groups is 4. The summed E-state index contributed by atoms with van der Waals surface area (Å²) in [6, 6.07) is -2.46. The third kappa shape index (κ3) is 9.68. The molecule has 4 N–H and O–H groups in total. The molecule has 3 atom stereocenters. The van der Waals surface area contributed by atoms with E-state index in [9.17, 15) is 19.2 Å². The number of carboxylic acid groups (broad SMARTS) is 1. The Morgan fingerprint density at radius 2 is 2.00 bits per heavy atom. The Morgan fingerprint density at radius 1 is 1.31 bits per heavy atom. The van der Waals surface area contributed by atoms with Crippen molar-refractivity contribution in [2.45, 2.75) is 24.5 Å². The van der Waals surface area contributed by atoms with Crippen LogP contribution >= 0.6 is 24.4 Å². The first-order chi connectivity index (χ1) is 12.4. The van der Waals surface area contributed by atoms with E-state index >= 15 is 0 Å². The molecule has 148 valence electrons. The van der Waals surface area contributed by atoms with Gasteiger partial charge in [0, 0.05) is 11.5 Å². The Balaban J connectivity index is 4.67. The summed E-state index contributed by atoms with van der Waals surface area (Å²) in [6.45, 7) is 3.48. The Bertz CT molecular complexity index is 488. The molecule has 0 radical (unpaired) electrons. The monoisotopic (exact) mass is 407 g/mol. The van der Waals surface area contributed by atoms with Crippen LogP contribution in [0.2, 0.25) is 0 Å². The molecule has 2 amide bonds. The fourth-order valence-corrected chi connectivity index (χ4v) is 3.14. The van der Waals surface area contributed by atoms with Crippen LogP contribution in [-0.4, -0.2) is 78.4 Å². The summed E-state index contributed by atoms with van der Waals surface area (Å²) < 4.78 is 4.98. The highest BCUT2D eigenvalue weighted by Gasteiger charge is 2.25. The second-order valence-corrected chi connectivity index (χ2v) is 6.56. The summed E-state index contributed by atoms with van der Waals surface area (Å²) in [5.41, 5.74) is 0. The number of thiol groups is 1. The Hall–Kier alpha value is -1.72. The minimum absolute atomic E-state index is 0.0186. The molecule has 0 fully saturated rings. The molecule has 0 saturated heterocycles. The van der Waals surface area contributed by atoms with E-state index in [1.807, 2.05) is 0 Å². The van der Waals surface area contributed by atoms with E-state index in [0.717, 1.165) is 0 Å². The number of amides is 2. The summed E-state index contributed by atoms with van der Waals surface area (Å²) >= 11 is 5.30. The zero-order valence-corrected chi connectivity index (χ0v) is 16.2. The van der Waals surface area contributed by atoms with Gasteiger partial charge in [-0.1, -0.05) is 12.7 Å². The van der Waals surface area contributed by atoms with E-state index in [4.69, 9.17) is 9.84 Å². The van der Waals surface area contributed by atoms with Crippen molar-refractivity contribution >= 4 is 48.6 Å². The highest BCUT2D eigenvalue weighted by atomic mass is 32.2. The third-order valence-electron chi connectivity index (χ3n) is 3.19. The highest BCUT2D eigenvalue weighted by molar-refractivity contribution is 7.99. The summed E-state index contributed by atoms with van der Waals surface area (Å²) in [4.78, 5) is 45.5. The van der Waals surface area contributed by atoms with Crippen LogP contribution in [0.5, 0.6) is 0 Å². The lowest BCUT2D eigenvalue weighted by atomic mass is 10.2. The predicted octanol–water partition coefficient (Wildman–Crippen LogP) is -0.959. The van der Waals surface area contributed by atoms with Gasteiger partial charge in [-0.3, -0.25) is 9.59 Å². The maximum absolute atomic E-state index is 12.1. The number of esters is 1. The van der Waals surface area contributed by atoms with E-state index in [0.29, 0.717) is 12.2 Å². The van der Waals surface area contributed by atoms with Crippen molar-refractivity contribution in [2.75, 3.05) is 30.9 Å². The fraction of sp³-hybridized carbons (Fsp3) is 0.600. The molecule has 0 aromatic rings. The van der Waals surface area contributed by atoms with Gasteiger partial charge >= 0.3 is 11.9 Å². The standard InChI is InChI=1S/C15H25N3O6S2/c1-3-5-24-15(23)10(18-13(20)11(7-25)16-2)4-6-26-8-12(14(21)22)17-9-19/h3,9-12,16,25H,1,4-8H2,2H3,(H,17,19)(H,18,20)(H,21,22)/t10-,11-,12-/m0/s1. The number of nitrogens with one attached hydrogen (secondary N) is 3. The largest absolute Gasteiger partial charge is 0.480 e. The topological polar surface area (TPSA) is 134 Å². The van der Waals surface area contributed by atoms with Crippen molar-refractivity contribution in [3.05, 3.63) is 12.7 Å². The number of ether oxygens (including phenoxy) is 1. The molecule has 0 aliphatic rings. The van der Waals surface area contributed by atoms with Gasteiger partial charge in [-0.05, 0) is 19.2 Å². The number of rotatable bonds is 15. The van der Waals surface area contributed by atoms with E-state index in [1.165, 1.54) is 17.8 Å². The van der Waals surface area contributed by atoms with E-state index in [-0.39, 0.29) is 30.4 Å². The number of hydrogen-bond acceptors (Lipinski definition) is 8. The zero-order valence-electron chi connectivity index (χ0n) is 14.5. The molecule has 26 heavy (non-hydrogen) atoms. The number of likely N-dealkylation sites (N-methyl/N-ethyl adjacent to an activating group) is 1. The number of hydrogen-bond donors (Lipinski definition) is 5. The van der Waals surface area contributed by atoms with Crippen molar-refractivity contribution in [1.82, 2.24) is 16.0 Å². The molecule has 0 aromatic carbocycles. The van der Waals surface area contributed by atoms with Crippen LogP contribution in [0.25, 0.3) is 0 Å². The highest BCUT2D eigenvalue weighted by Crippen LogP contribution is 2.09. The number of carbonyl (C=O) groups excluding carboxylic acids is 3. The van der Waals surface area contributed by atoms with Crippen LogP contribution in [0.3, 0.4) is 0 Å². The molecular formula is C15H25N3O6S2. The molecule has 9 nitrogen and oxygen atoms in total. The molecule has 0 heterocycles. The summed E-state index contributed by atoms with van der Waals surface area (Å²) in [7, 11) is 1.60. The van der Waals surface area contributed by atoms with Gasteiger partial charge in [0.05, 0.1) is 6.04 Å². The SMILES string of the molecule is C=CCOC(=O)[C@H](CCSC[C@H](NC=O)C(=O)O)NC(=O)[C@H](CS)NC. The average Bonchev–Trinajstić information content (AvgIpc) is 2.61. The molecule has 0 aliphatic carbocycles.